The van der Waals surface area contributed by atoms with Gasteiger partial charge in [0.05, 0.1) is 18.1 Å². The summed E-state index contributed by atoms with van der Waals surface area (Å²) in [5, 5.41) is 0. The summed E-state index contributed by atoms with van der Waals surface area (Å²) in [4.78, 5) is 17.3. The Kier molecular flexibility index (Phi) is 8.22. The summed E-state index contributed by atoms with van der Waals surface area (Å²) < 4.78 is 44.6. The lowest BCUT2D eigenvalue weighted by molar-refractivity contribution is -0.147. The van der Waals surface area contributed by atoms with Gasteiger partial charge in [0, 0.05) is 31.9 Å². The van der Waals surface area contributed by atoms with Crippen LogP contribution in [0.5, 0.6) is 0 Å². The topological polar surface area (TPSA) is 32.8 Å². The molecule has 1 aliphatic rings. The number of benzene rings is 3. The highest BCUT2D eigenvalue weighted by molar-refractivity contribution is 5.82. The van der Waals surface area contributed by atoms with Crippen molar-refractivity contribution in [1.29, 1.82) is 0 Å². The van der Waals surface area contributed by atoms with Gasteiger partial charge in [-0.15, -0.1) is 0 Å². The highest BCUT2D eigenvalue weighted by Crippen LogP contribution is 2.34. The van der Waals surface area contributed by atoms with Crippen molar-refractivity contribution in [2.75, 3.05) is 44.7 Å². The van der Waals surface area contributed by atoms with E-state index in [9.17, 15) is 18.0 Å². The lowest BCUT2D eigenvalue weighted by Crippen LogP contribution is -2.47. The first kappa shape index (κ1) is 26.7. The van der Waals surface area contributed by atoms with Crippen LogP contribution in [0.4, 0.5) is 18.9 Å². The monoisotopic (exact) mass is 510 g/mol. The molecule has 0 radical (unpaired) electrons. The molecular formula is C30H33F3N2O2. The Morgan fingerprint density at radius 1 is 0.838 bits per heavy atom. The van der Waals surface area contributed by atoms with Gasteiger partial charge in [0.2, 0.25) is 0 Å². The number of hydrogen-bond donors (Lipinski definition) is 0. The van der Waals surface area contributed by atoms with Crippen molar-refractivity contribution in [2.45, 2.75) is 31.4 Å². The van der Waals surface area contributed by atoms with Crippen molar-refractivity contribution < 1.29 is 22.7 Å². The predicted molar refractivity (Wildman–Crippen MR) is 141 cm³/mol. The number of esters is 1. The largest absolute Gasteiger partial charge is 0.468 e. The maximum Gasteiger partial charge on any atom is 0.416 e. The van der Waals surface area contributed by atoms with Gasteiger partial charge in [-0.1, -0.05) is 54.6 Å². The van der Waals surface area contributed by atoms with E-state index in [-0.39, 0.29) is 5.97 Å². The van der Waals surface area contributed by atoms with Crippen LogP contribution >= 0.6 is 0 Å². The average Bonchev–Trinajstić information content (AvgIpc) is 2.93. The number of anilines is 1. The van der Waals surface area contributed by atoms with E-state index in [2.05, 4.69) is 9.80 Å². The van der Waals surface area contributed by atoms with Crippen LogP contribution in [-0.4, -0.2) is 50.7 Å². The summed E-state index contributed by atoms with van der Waals surface area (Å²) in [5.41, 5.74) is 1.99. The quantitative estimate of drug-likeness (QED) is 0.328. The second kappa shape index (κ2) is 11.4. The number of piperazine rings is 1. The average molecular weight is 511 g/mol. The number of rotatable bonds is 8. The van der Waals surface area contributed by atoms with Crippen LogP contribution in [0.2, 0.25) is 0 Å². The number of carbonyl (C=O) groups excluding carboxylic acids is 1. The lowest BCUT2D eigenvalue weighted by Gasteiger charge is -2.37. The smallest absolute Gasteiger partial charge is 0.416 e. The van der Waals surface area contributed by atoms with Crippen LogP contribution in [0.3, 0.4) is 0 Å². The second-order valence-corrected chi connectivity index (χ2v) is 9.75. The van der Waals surface area contributed by atoms with E-state index in [1.165, 1.54) is 19.2 Å². The Morgan fingerprint density at radius 3 is 2.11 bits per heavy atom. The molecule has 0 aliphatic carbocycles. The Morgan fingerprint density at radius 2 is 1.46 bits per heavy atom. The molecule has 1 atom stereocenters. The van der Waals surface area contributed by atoms with Gasteiger partial charge >= 0.3 is 12.1 Å². The number of carbonyl (C=O) groups is 1. The molecular weight excluding hydrogens is 477 g/mol. The molecule has 0 N–H and O–H groups in total. The molecule has 1 fully saturated rings. The molecule has 1 unspecified atom stereocenters. The van der Waals surface area contributed by atoms with E-state index in [1.54, 1.807) is 6.07 Å². The molecule has 1 heterocycles. The fraction of sp³-hybridized carbons (Fsp3) is 0.367. The first-order valence-electron chi connectivity index (χ1n) is 12.6. The van der Waals surface area contributed by atoms with E-state index in [1.807, 2.05) is 61.5 Å². The summed E-state index contributed by atoms with van der Waals surface area (Å²) in [5.74, 6) is -0.218. The molecule has 7 heteroatoms. The van der Waals surface area contributed by atoms with Gasteiger partial charge in [0.1, 0.15) is 0 Å². The molecule has 0 saturated carbocycles. The zero-order valence-corrected chi connectivity index (χ0v) is 21.3. The fourth-order valence-electron chi connectivity index (χ4n) is 5.04. The minimum atomic E-state index is -4.36. The highest BCUT2D eigenvalue weighted by Gasteiger charge is 2.36. The molecule has 4 rings (SSSR count). The molecule has 1 saturated heterocycles. The summed E-state index contributed by atoms with van der Waals surface area (Å²) >= 11 is 0. The maximum atomic E-state index is 13.2. The zero-order valence-electron chi connectivity index (χ0n) is 21.3. The van der Waals surface area contributed by atoms with Crippen LogP contribution in [0.1, 0.15) is 30.9 Å². The summed E-state index contributed by atoms with van der Waals surface area (Å²) in [7, 11) is 1.44. The van der Waals surface area contributed by atoms with E-state index < -0.39 is 17.2 Å². The van der Waals surface area contributed by atoms with E-state index in [0.717, 1.165) is 62.0 Å². The summed E-state index contributed by atoms with van der Waals surface area (Å²) in [6.07, 6.45) is -2.80. The SMILES string of the molecule is COC(=O)C(C)(CCCN1CCN(c2cccc(-c3cccc(C(F)(F)F)c3)c2)CC1)c1ccccc1. The molecule has 3 aromatic rings. The minimum absolute atomic E-state index is 0.218. The van der Waals surface area contributed by atoms with Gasteiger partial charge in [-0.2, -0.15) is 13.2 Å². The van der Waals surface area contributed by atoms with Crippen molar-refractivity contribution in [3.63, 3.8) is 0 Å². The minimum Gasteiger partial charge on any atom is -0.468 e. The number of hydrogen-bond acceptors (Lipinski definition) is 4. The van der Waals surface area contributed by atoms with Crippen LogP contribution in [0.25, 0.3) is 11.1 Å². The Labute approximate surface area is 216 Å². The predicted octanol–water partition coefficient (Wildman–Crippen LogP) is 6.41. The summed E-state index contributed by atoms with van der Waals surface area (Å²) in [6, 6.07) is 23.0. The Hall–Kier alpha value is -3.32. The first-order valence-corrected chi connectivity index (χ1v) is 12.6. The van der Waals surface area contributed by atoms with E-state index in [0.29, 0.717) is 12.0 Å². The molecule has 0 aromatic heterocycles. The molecule has 0 spiro atoms. The summed E-state index contributed by atoms with van der Waals surface area (Å²) in [6.45, 7) is 6.27. The van der Waals surface area contributed by atoms with Crippen molar-refractivity contribution in [2.24, 2.45) is 0 Å². The number of alkyl halides is 3. The van der Waals surface area contributed by atoms with Crippen molar-refractivity contribution in [1.82, 2.24) is 4.90 Å². The number of nitrogens with zero attached hydrogens (tertiary/aromatic N) is 2. The number of halogens is 3. The van der Waals surface area contributed by atoms with Crippen molar-refractivity contribution in [3.8, 4) is 11.1 Å². The molecule has 1 aliphatic heterocycles. The zero-order chi connectivity index (χ0) is 26.5. The third kappa shape index (κ3) is 6.34. The fourth-order valence-corrected chi connectivity index (χ4v) is 5.04. The van der Waals surface area contributed by atoms with E-state index in [4.69, 9.17) is 4.74 Å². The number of ether oxygens (including phenoxy) is 1. The number of methoxy groups -OCH3 is 1. The molecule has 4 nitrogen and oxygen atoms in total. The van der Waals surface area contributed by atoms with Crippen molar-refractivity contribution in [3.05, 3.63) is 90.0 Å². The van der Waals surface area contributed by atoms with Gasteiger partial charge in [-0.05, 0) is 67.3 Å². The van der Waals surface area contributed by atoms with Gasteiger partial charge in [-0.3, -0.25) is 9.69 Å². The highest BCUT2D eigenvalue weighted by atomic mass is 19.4. The van der Waals surface area contributed by atoms with Gasteiger partial charge in [0.15, 0.2) is 0 Å². The molecule has 0 amide bonds. The normalized spacial score (nSPS) is 16.3. The third-order valence-corrected chi connectivity index (χ3v) is 7.30. The van der Waals surface area contributed by atoms with Gasteiger partial charge in [-0.25, -0.2) is 0 Å². The van der Waals surface area contributed by atoms with Gasteiger partial charge in [0.25, 0.3) is 0 Å². The Bertz CT molecular complexity index is 1190. The standard InChI is InChI=1S/C30H33F3N2O2/c1-29(28(36)37-2,25-11-4-3-5-12-25)15-8-16-34-17-19-35(20-18-34)27-14-7-10-24(22-27)23-9-6-13-26(21-23)30(31,32)33/h3-7,9-14,21-22H,8,15-20H2,1-2H3. The van der Waals surface area contributed by atoms with E-state index >= 15 is 0 Å². The lowest BCUT2D eigenvalue weighted by atomic mass is 9.78. The second-order valence-electron chi connectivity index (χ2n) is 9.75. The van der Waals surface area contributed by atoms with Gasteiger partial charge < -0.3 is 9.64 Å². The first-order chi connectivity index (χ1) is 17.7. The van der Waals surface area contributed by atoms with Crippen LogP contribution in [-0.2, 0) is 21.1 Å². The molecule has 3 aromatic carbocycles. The van der Waals surface area contributed by atoms with Crippen LogP contribution < -0.4 is 4.90 Å². The molecule has 0 bridgehead atoms. The third-order valence-electron chi connectivity index (χ3n) is 7.30. The van der Waals surface area contributed by atoms with Crippen LogP contribution in [0.15, 0.2) is 78.9 Å². The molecule has 196 valence electrons. The van der Waals surface area contributed by atoms with Crippen LogP contribution in [0, 0.1) is 0 Å². The molecule has 37 heavy (non-hydrogen) atoms. The Balaban J connectivity index is 1.34. The van der Waals surface area contributed by atoms with Crippen molar-refractivity contribution >= 4 is 11.7 Å². The maximum absolute atomic E-state index is 13.2.